The van der Waals surface area contributed by atoms with Crippen molar-refractivity contribution in [1.82, 2.24) is 4.90 Å². The highest BCUT2D eigenvalue weighted by Crippen LogP contribution is 2.13. The highest BCUT2D eigenvalue weighted by molar-refractivity contribution is 7.80. The fraction of sp³-hybridized carbons (Fsp3) is 0.538. The molecule has 2 atom stereocenters. The van der Waals surface area contributed by atoms with Crippen LogP contribution in [0.2, 0.25) is 1.41 Å². The second kappa shape index (κ2) is 9.98. The van der Waals surface area contributed by atoms with E-state index in [0.29, 0.717) is 4.90 Å². The topological polar surface area (TPSA) is 164 Å². The number of nitrogens with zero attached hydrogens (tertiary/aromatic N) is 1. The molecule has 10 heteroatoms. The molecule has 0 saturated heterocycles. The predicted molar refractivity (Wildman–Crippen MR) is 84.5 cm³/mol. The van der Waals surface area contributed by atoms with Crippen molar-refractivity contribution in [3.8, 4) is 0 Å². The fourth-order valence-corrected chi connectivity index (χ4v) is 1.83. The van der Waals surface area contributed by atoms with Crippen LogP contribution in [0, 0.1) is 0 Å². The molecular formula is C13H21N3O6S. The van der Waals surface area contributed by atoms with Crippen molar-refractivity contribution in [3.05, 3.63) is 12.3 Å². The van der Waals surface area contributed by atoms with Gasteiger partial charge in [0.25, 0.3) is 0 Å². The summed E-state index contributed by atoms with van der Waals surface area (Å²) >= 11 is 3.88. The summed E-state index contributed by atoms with van der Waals surface area (Å²) in [6.45, 7) is 3.41. The van der Waals surface area contributed by atoms with Crippen molar-refractivity contribution in [2.75, 3.05) is 5.75 Å². The number of aliphatic carboxylic acids is 2. The Labute approximate surface area is 140 Å². The molecule has 9 nitrogen and oxygen atoms in total. The maximum atomic E-state index is 12.2. The summed E-state index contributed by atoms with van der Waals surface area (Å²) in [5.41, 5.74) is 6.91. The number of carbonyl (C=O) groups is 4. The van der Waals surface area contributed by atoms with Gasteiger partial charge in [-0.25, -0.2) is 4.79 Å². The first-order valence-corrected chi connectivity index (χ1v) is 7.34. The number of Topliss-reactive ketones (excluding diaryl/α,β-unsaturated/α-hetero) is 1. The van der Waals surface area contributed by atoms with Gasteiger partial charge < -0.3 is 21.7 Å². The second-order valence-corrected chi connectivity index (χ2v) is 5.06. The lowest BCUT2D eigenvalue weighted by atomic mass is 10.1. The third-order valence-corrected chi connectivity index (χ3v) is 3.27. The molecule has 130 valence electrons. The van der Waals surface area contributed by atoms with Gasteiger partial charge >= 0.3 is 11.9 Å². The van der Waals surface area contributed by atoms with Gasteiger partial charge in [0, 0.05) is 18.6 Å². The third kappa shape index (κ3) is 6.80. The standard InChI is InChI=1S/C13H21N3O6S/c1-7(11(20)8(14)6-23)16(12(15)13(21)22)9(17)4-2-3-5-10(18)19/h8,12,23H,1-6,14-15H2,(H,18,19)(H,21,22)/t8-,12?/m0/s1/i/hD. The molecule has 0 spiro atoms. The molecule has 0 aromatic heterocycles. The average Bonchev–Trinajstić information content (AvgIpc) is 2.52. The van der Waals surface area contributed by atoms with E-state index in [1.165, 1.54) is 0 Å². The molecule has 0 fully saturated rings. The number of hydrogen-bond donors (Lipinski definition) is 5. The summed E-state index contributed by atoms with van der Waals surface area (Å²) < 4.78 is 7.03. The maximum Gasteiger partial charge on any atom is 0.341 e. The number of nitrogens with two attached hydrogens (primary N) is 2. The fourth-order valence-electron chi connectivity index (χ4n) is 1.66. The molecule has 1 unspecified atom stereocenters. The number of unbranched alkanes of at least 4 members (excludes halogenated alkanes) is 1. The summed E-state index contributed by atoms with van der Waals surface area (Å²) in [6, 6.07) is -1.08. The Hall–Kier alpha value is -1.91. The van der Waals surface area contributed by atoms with Gasteiger partial charge in [0.2, 0.25) is 5.91 Å². The van der Waals surface area contributed by atoms with Crippen molar-refractivity contribution < 1.29 is 30.8 Å². The molecule has 0 aromatic carbocycles. The minimum Gasteiger partial charge on any atom is -0.481 e. The van der Waals surface area contributed by atoms with Crippen LogP contribution >= 0.6 is 12.6 Å². The molecule has 23 heavy (non-hydrogen) atoms. The van der Waals surface area contributed by atoms with Gasteiger partial charge in [-0.15, -0.1) is 0 Å². The minimum absolute atomic E-state index is 0.0652. The maximum absolute atomic E-state index is 12.2. The van der Waals surface area contributed by atoms with E-state index in [0.717, 1.165) is 0 Å². The molecular weight excluding hydrogens is 326 g/mol. The van der Waals surface area contributed by atoms with E-state index >= 15 is 0 Å². The zero-order valence-corrected chi connectivity index (χ0v) is 13.3. The Kier molecular flexibility index (Phi) is 8.30. The molecule has 0 bridgehead atoms. The smallest absolute Gasteiger partial charge is 0.341 e. The number of ketones is 1. The molecule has 0 radical (unpaired) electrons. The minimum atomic E-state index is -1.82. The molecule has 0 saturated carbocycles. The van der Waals surface area contributed by atoms with Crippen LogP contribution < -0.4 is 11.5 Å². The largest absolute Gasteiger partial charge is 0.481 e. The number of thiol groups is 1. The Morgan fingerprint density at radius 2 is 1.78 bits per heavy atom. The van der Waals surface area contributed by atoms with Crippen LogP contribution in [0.15, 0.2) is 12.3 Å². The average molecular weight is 348 g/mol. The lowest BCUT2D eigenvalue weighted by molar-refractivity contribution is -0.149. The van der Waals surface area contributed by atoms with E-state index in [-0.39, 0.29) is 31.4 Å². The Balaban J connectivity index is 5.13. The molecule has 0 heterocycles. The molecule has 0 rings (SSSR count). The summed E-state index contributed by atoms with van der Waals surface area (Å²) in [4.78, 5) is 46.4. The molecule has 0 aliphatic carbocycles. The SMILES string of the molecule is [2H]N[C@@H](CS)C(=O)C(=C)N(C(=O)CCCCC(=O)O)C(N)C(=O)O. The first-order chi connectivity index (χ1) is 11.2. The predicted octanol–water partition coefficient (Wildman–Crippen LogP) is -0.831. The number of carboxylic acids is 2. The first-order valence-electron chi connectivity index (χ1n) is 7.20. The highest BCUT2D eigenvalue weighted by Gasteiger charge is 2.32. The van der Waals surface area contributed by atoms with E-state index in [2.05, 4.69) is 19.2 Å². The van der Waals surface area contributed by atoms with Crippen molar-refractivity contribution in [3.63, 3.8) is 0 Å². The number of amides is 1. The molecule has 0 aliphatic heterocycles. The van der Waals surface area contributed by atoms with Crippen LogP contribution in [0.4, 0.5) is 0 Å². The van der Waals surface area contributed by atoms with Gasteiger partial charge in [0.05, 0.1) is 11.7 Å². The van der Waals surface area contributed by atoms with Crippen LogP contribution in [0.25, 0.3) is 0 Å². The Morgan fingerprint density at radius 3 is 2.22 bits per heavy atom. The Morgan fingerprint density at radius 1 is 1.22 bits per heavy atom. The van der Waals surface area contributed by atoms with Crippen molar-refractivity contribution in [1.29, 1.82) is 0 Å². The van der Waals surface area contributed by atoms with Gasteiger partial charge in [-0.3, -0.25) is 19.3 Å². The number of hydrogen-bond acceptors (Lipinski definition) is 7. The summed E-state index contributed by atoms with van der Waals surface area (Å²) in [5.74, 6) is -4.17. The summed E-state index contributed by atoms with van der Waals surface area (Å²) in [7, 11) is 0. The zero-order valence-electron chi connectivity index (χ0n) is 13.4. The normalized spacial score (nSPS) is 13.6. The van der Waals surface area contributed by atoms with Crippen molar-refractivity contribution in [2.45, 2.75) is 37.9 Å². The highest BCUT2D eigenvalue weighted by atomic mass is 32.1. The first kappa shape index (κ1) is 19.1. The molecule has 0 aliphatic rings. The van der Waals surface area contributed by atoms with E-state index in [1.54, 1.807) is 0 Å². The summed E-state index contributed by atoms with van der Waals surface area (Å²) in [6.07, 6.45) is -1.75. The van der Waals surface area contributed by atoms with Crippen LogP contribution in [-0.4, -0.2) is 56.7 Å². The van der Waals surface area contributed by atoms with Gasteiger partial charge in [0.1, 0.15) is 1.41 Å². The van der Waals surface area contributed by atoms with Crippen LogP contribution in [0.3, 0.4) is 0 Å². The third-order valence-electron chi connectivity index (χ3n) is 2.91. The molecule has 0 aromatic rings. The Bertz CT molecular complexity index is 512. The van der Waals surface area contributed by atoms with E-state index < -0.39 is 41.5 Å². The quantitative estimate of drug-likeness (QED) is 0.132. The van der Waals surface area contributed by atoms with Crippen molar-refractivity contribution >= 4 is 36.3 Å². The zero-order chi connectivity index (χ0) is 18.9. The molecule has 6 N–H and O–H groups in total. The lowest BCUT2D eigenvalue weighted by Crippen LogP contribution is -2.53. The van der Waals surface area contributed by atoms with E-state index in [1.807, 2.05) is 5.73 Å². The van der Waals surface area contributed by atoms with Crippen LogP contribution in [0.5, 0.6) is 0 Å². The van der Waals surface area contributed by atoms with Crippen molar-refractivity contribution in [2.24, 2.45) is 11.5 Å². The van der Waals surface area contributed by atoms with Crippen LogP contribution in [0.1, 0.15) is 25.7 Å². The summed E-state index contributed by atoms with van der Waals surface area (Å²) in [5, 5.41) is 17.6. The van der Waals surface area contributed by atoms with Gasteiger partial charge in [-0.2, -0.15) is 12.6 Å². The lowest BCUT2D eigenvalue weighted by Gasteiger charge is -2.28. The second-order valence-electron chi connectivity index (χ2n) is 4.69. The number of rotatable bonds is 12. The van der Waals surface area contributed by atoms with E-state index in [4.69, 9.17) is 17.4 Å². The number of carboxylic acid groups (broad SMARTS) is 2. The van der Waals surface area contributed by atoms with E-state index in [9.17, 15) is 19.2 Å². The molecule has 1 amide bonds. The number of carbonyl (C=O) groups excluding carboxylic acids is 2. The van der Waals surface area contributed by atoms with Gasteiger partial charge in [0.15, 0.2) is 11.9 Å². The van der Waals surface area contributed by atoms with Gasteiger partial charge in [-0.05, 0) is 12.8 Å². The monoisotopic (exact) mass is 348 g/mol. The van der Waals surface area contributed by atoms with Crippen LogP contribution in [-0.2, 0) is 19.2 Å². The van der Waals surface area contributed by atoms with Gasteiger partial charge in [-0.1, -0.05) is 6.58 Å².